The van der Waals surface area contributed by atoms with Crippen molar-refractivity contribution in [3.8, 4) is 0 Å². The highest BCUT2D eigenvalue weighted by atomic mass is 35.5. The van der Waals surface area contributed by atoms with Gasteiger partial charge in [-0.15, -0.1) is 12.4 Å². The van der Waals surface area contributed by atoms with Gasteiger partial charge in [0, 0.05) is 13.2 Å². The van der Waals surface area contributed by atoms with Crippen LogP contribution in [0.3, 0.4) is 0 Å². The van der Waals surface area contributed by atoms with Crippen molar-refractivity contribution in [2.75, 3.05) is 13.2 Å². The molecule has 1 amide bonds. The highest BCUT2D eigenvalue weighted by Gasteiger charge is 2.28. The second-order valence-corrected chi connectivity index (χ2v) is 6.41. The highest BCUT2D eigenvalue weighted by Crippen LogP contribution is 2.19. The summed E-state index contributed by atoms with van der Waals surface area (Å²) in [5.74, 6) is 0.947. The van der Waals surface area contributed by atoms with Gasteiger partial charge in [-0.2, -0.15) is 4.98 Å². The van der Waals surface area contributed by atoms with Crippen LogP contribution in [0, 0.1) is 5.92 Å². The molecular weight excluding hydrogens is 356 g/mol. The third kappa shape index (κ3) is 5.27. The monoisotopic (exact) mass is 380 g/mol. The lowest BCUT2D eigenvalue weighted by molar-refractivity contribution is -0.125. The van der Waals surface area contributed by atoms with Crippen LogP contribution < -0.4 is 11.1 Å². The average Bonchev–Trinajstić information content (AvgIpc) is 3.11. The second-order valence-electron chi connectivity index (χ2n) is 6.41. The largest absolute Gasteiger partial charge is 0.381 e. The molecule has 8 heteroatoms. The molecule has 0 bridgehead atoms. The van der Waals surface area contributed by atoms with Crippen molar-refractivity contribution in [1.29, 1.82) is 0 Å². The maximum atomic E-state index is 12.4. The fourth-order valence-electron chi connectivity index (χ4n) is 2.95. The topological polar surface area (TPSA) is 103 Å². The van der Waals surface area contributed by atoms with Crippen molar-refractivity contribution in [2.24, 2.45) is 11.7 Å². The molecule has 1 aliphatic heterocycles. The van der Waals surface area contributed by atoms with Crippen molar-refractivity contribution in [2.45, 2.75) is 38.3 Å². The molecule has 2 atom stereocenters. The zero-order valence-corrected chi connectivity index (χ0v) is 15.6. The molecule has 0 saturated carbocycles. The number of nitrogens with zero attached hydrogens (tertiary/aromatic N) is 2. The number of aromatic nitrogens is 2. The first-order valence-electron chi connectivity index (χ1n) is 8.63. The summed E-state index contributed by atoms with van der Waals surface area (Å²) < 4.78 is 10.6. The van der Waals surface area contributed by atoms with Crippen molar-refractivity contribution in [3.05, 3.63) is 47.6 Å². The van der Waals surface area contributed by atoms with Crippen LogP contribution >= 0.6 is 12.4 Å². The van der Waals surface area contributed by atoms with Crippen LogP contribution in [-0.2, 0) is 16.0 Å². The Morgan fingerprint density at radius 3 is 2.69 bits per heavy atom. The number of halogens is 1. The number of nitrogens with two attached hydrogens (primary N) is 1. The molecule has 2 heterocycles. The van der Waals surface area contributed by atoms with E-state index in [0.717, 1.165) is 18.4 Å². The minimum absolute atomic E-state index is 0. The minimum Gasteiger partial charge on any atom is -0.381 e. The zero-order chi connectivity index (χ0) is 17.6. The molecule has 3 N–H and O–H groups in total. The van der Waals surface area contributed by atoms with E-state index in [1.54, 1.807) is 0 Å². The van der Waals surface area contributed by atoms with Crippen LogP contribution in [0.1, 0.15) is 43.1 Å². The van der Waals surface area contributed by atoms with Crippen LogP contribution in [0.15, 0.2) is 34.9 Å². The van der Waals surface area contributed by atoms with E-state index in [4.69, 9.17) is 15.0 Å². The first-order valence-corrected chi connectivity index (χ1v) is 8.63. The third-order valence-electron chi connectivity index (χ3n) is 4.50. The zero-order valence-electron chi connectivity index (χ0n) is 14.8. The van der Waals surface area contributed by atoms with Gasteiger partial charge < -0.3 is 20.3 Å². The number of ether oxygens (including phenoxy) is 1. The molecule has 1 fully saturated rings. The van der Waals surface area contributed by atoms with E-state index in [2.05, 4.69) is 15.5 Å². The Hall–Kier alpha value is -1.96. The lowest BCUT2D eigenvalue weighted by Crippen LogP contribution is -2.47. The predicted molar refractivity (Wildman–Crippen MR) is 98.9 cm³/mol. The van der Waals surface area contributed by atoms with Gasteiger partial charge >= 0.3 is 0 Å². The molecule has 7 nitrogen and oxygen atoms in total. The predicted octanol–water partition coefficient (Wildman–Crippen LogP) is 2.01. The first-order chi connectivity index (χ1) is 12.1. The van der Waals surface area contributed by atoms with Crippen molar-refractivity contribution < 1.29 is 14.1 Å². The van der Waals surface area contributed by atoms with E-state index in [9.17, 15) is 4.79 Å². The van der Waals surface area contributed by atoms with Crippen molar-refractivity contribution in [3.63, 3.8) is 0 Å². The van der Waals surface area contributed by atoms with Gasteiger partial charge in [-0.1, -0.05) is 35.5 Å². The molecule has 1 aromatic carbocycles. The fraction of sp³-hybridized carbons (Fsp3) is 0.500. The van der Waals surface area contributed by atoms with E-state index in [-0.39, 0.29) is 30.3 Å². The molecule has 0 spiro atoms. The Balaban J connectivity index is 0.00000243. The third-order valence-corrected chi connectivity index (χ3v) is 4.50. The quantitative estimate of drug-likeness (QED) is 0.794. The van der Waals surface area contributed by atoms with Gasteiger partial charge in [-0.05, 0) is 31.2 Å². The van der Waals surface area contributed by atoms with Crippen LogP contribution in [0.5, 0.6) is 0 Å². The van der Waals surface area contributed by atoms with Gasteiger partial charge in [0.25, 0.3) is 0 Å². The fourth-order valence-corrected chi connectivity index (χ4v) is 2.95. The van der Waals surface area contributed by atoms with E-state index in [1.807, 2.05) is 37.3 Å². The smallest absolute Gasteiger partial charge is 0.237 e. The number of rotatable bonds is 6. The van der Waals surface area contributed by atoms with Gasteiger partial charge in [0.05, 0.1) is 18.5 Å². The van der Waals surface area contributed by atoms with E-state index in [1.165, 1.54) is 0 Å². The first kappa shape index (κ1) is 20.4. The maximum Gasteiger partial charge on any atom is 0.237 e. The summed E-state index contributed by atoms with van der Waals surface area (Å²) in [5, 5.41) is 6.86. The van der Waals surface area contributed by atoms with Crippen LogP contribution in [0.2, 0.25) is 0 Å². The normalized spacial score (nSPS) is 17.2. The molecule has 1 aliphatic rings. The Morgan fingerprint density at radius 2 is 2.00 bits per heavy atom. The number of hydrogen-bond donors (Lipinski definition) is 2. The Bertz CT molecular complexity index is 689. The molecule has 2 aromatic rings. The lowest BCUT2D eigenvalue weighted by Gasteiger charge is -2.27. The highest BCUT2D eigenvalue weighted by molar-refractivity contribution is 5.85. The van der Waals surface area contributed by atoms with E-state index < -0.39 is 6.04 Å². The van der Waals surface area contributed by atoms with Gasteiger partial charge in [-0.25, -0.2) is 0 Å². The molecular formula is C18H25ClN4O3. The molecule has 142 valence electrons. The average molecular weight is 381 g/mol. The molecule has 1 aromatic heterocycles. The van der Waals surface area contributed by atoms with E-state index >= 15 is 0 Å². The number of carbonyl (C=O) groups excluding carboxylic acids is 1. The minimum atomic E-state index is -0.540. The second kappa shape index (κ2) is 9.66. The van der Waals surface area contributed by atoms with Crippen molar-refractivity contribution >= 4 is 18.3 Å². The molecule has 3 rings (SSSR count). The standard InChI is InChI=1S/C18H24N4O3.ClH/c1-12(20-18(23)16(19)14-7-9-24-10-8-14)17-21-15(25-22-17)11-13-5-3-2-4-6-13;/h2-6,12,14,16H,7-11,19H2,1H3,(H,20,23);1H. The summed E-state index contributed by atoms with van der Waals surface area (Å²) in [5.41, 5.74) is 7.19. The summed E-state index contributed by atoms with van der Waals surface area (Å²) in [6.45, 7) is 3.15. The van der Waals surface area contributed by atoms with Crippen LogP contribution in [0.25, 0.3) is 0 Å². The molecule has 2 unspecified atom stereocenters. The number of benzene rings is 1. The summed E-state index contributed by atoms with van der Waals surface area (Å²) in [4.78, 5) is 16.7. The number of carbonyl (C=O) groups is 1. The van der Waals surface area contributed by atoms with Gasteiger partial charge in [0.15, 0.2) is 5.82 Å². The SMILES string of the molecule is CC(NC(=O)C(N)C1CCOCC1)c1noc(Cc2ccccc2)n1.Cl. The molecule has 0 radical (unpaired) electrons. The van der Waals surface area contributed by atoms with Gasteiger partial charge in [0.2, 0.25) is 11.8 Å². The van der Waals surface area contributed by atoms with Crippen LogP contribution in [-0.4, -0.2) is 35.3 Å². The number of nitrogens with one attached hydrogen (secondary N) is 1. The lowest BCUT2D eigenvalue weighted by atomic mass is 9.91. The van der Waals surface area contributed by atoms with Gasteiger partial charge in [0.1, 0.15) is 0 Å². The van der Waals surface area contributed by atoms with Gasteiger partial charge in [-0.3, -0.25) is 4.79 Å². The Labute approximate surface area is 159 Å². The molecule has 26 heavy (non-hydrogen) atoms. The Morgan fingerprint density at radius 1 is 1.31 bits per heavy atom. The summed E-state index contributed by atoms with van der Waals surface area (Å²) in [6, 6.07) is 9.00. The maximum absolute atomic E-state index is 12.4. The van der Waals surface area contributed by atoms with Crippen molar-refractivity contribution in [1.82, 2.24) is 15.5 Å². The molecule has 0 aliphatic carbocycles. The summed E-state index contributed by atoms with van der Waals surface area (Å²) in [6.07, 6.45) is 2.19. The number of amides is 1. The number of hydrogen-bond acceptors (Lipinski definition) is 6. The summed E-state index contributed by atoms with van der Waals surface area (Å²) >= 11 is 0. The molecule has 1 saturated heterocycles. The van der Waals surface area contributed by atoms with Crippen LogP contribution in [0.4, 0.5) is 0 Å². The Kier molecular flexibility index (Phi) is 7.56. The summed E-state index contributed by atoms with van der Waals surface area (Å²) in [7, 11) is 0. The van der Waals surface area contributed by atoms with E-state index in [0.29, 0.717) is 31.3 Å².